The molecule has 0 atom stereocenters. The number of likely N-dealkylation sites (N-methyl/N-ethyl adjacent to an activating group) is 1. The molecule has 2 heterocycles. The summed E-state index contributed by atoms with van der Waals surface area (Å²) in [5.74, 6) is -0.166. The summed E-state index contributed by atoms with van der Waals surface area (Å²) in [4.78, 5) is 42.6. The van der Waals surface area contributed by atoms with Crippen molar-refractivity contribution in [3.63, 3.8) is 0 Å². The summed E-state index contributed by atoms with van der Waals surface area (Å²) in [5, 5.41) is 12.7. The molecule has 1 fully saturated rings. The molecule has 2 aromatic carbocycles. The van der Waals surface area contributed by atoms with Crippen molar-refractivity contribution in [2.24, 2.45) is 5.92 Å². The Labute approximate surface area is 251 Å². The number of carbonyl (C=O) groups is 3. The number of aromatic amines is 1. The second-order valence-electron chi connectivity index (χ2n) is 10.6. The minimum Gasteiger partial charge on any atom is -0.496 e. The lowest BCUT2D eigenvalue weighted by atomic mass is 9.90. The average Bonchev–Trinajstić information content (AvgIpc) is 3.42. The normalized spacial score (nSPS) is 14.3. The number of ether oxygens (including phenoxy) is 1. The quantitative estimate of drug-likeness (QED) is 0.203. The van der Waals surface area contributed by atoms with Gasteiger partial charge in [0, 0.05) is 31.3 Å². The molecule has 0 saturated carbocycles. The summed E-state index contributed by atoms with van der Waals surface area (Å²) in [6, 6.07) is 12.8. The van der Waals surface area contributed by atoms with E-state index in [1.807, 2.05) is 43.3 Å². The summed E-state index contributed by atoms with van der Waals surface area (Å²) in [6.07, 6.45) is 6.92. The Morgan fingerprint density at radius 3 is 2.64 bits per heavy atom. The van der Waals surface area contributed by atoms with Crippen LogP contribution in [0.4, 0.5) is 11.4 Å². The van der Waals surface area contributed by atoms with Crippen LogP contribution >= 0.6 is 11.6 Å². The number of nitrogens with zero attached hydrogens (tertiary/aromatic N) is 3. The van der Waals surface area contributed by atoms with Gasteiger partial charge in [0.2, 0.25) is 5.91 Å². The number of benzene rings is 2. The van der Waals surface area contributed by atoms with Gasteiger partial charge in [-0.25, -0.2) is 0 Å². The molecular formula is C31H37ClN6O4. The van der Waals surface area contributed by atoms with Crippen molar-refractivity contribution in [3.05, 3.63) is 82.7 Å². The first-order valence-corrected chi connectivity index (χ1v) is 14.2. The zero-order chi connectivity index (χ0) is 30.1. The zero-order valence-corrected chi connectivity index (χ0v) is 24.9. The maximum atomic E-state index is 13.2. The monoisotopic (exact) mass is 592 g/mol. The number of Topliss-reactive ketones (excluding diaryl/α,β-unsaturated/α-hetero) is 1. The first kappa shape index (κ1) is 31.0. The third kappa shape index (κ3) is 8.51. The number of aromatic nitrogens is 2. The number of H-pyrrole nitrogens is 1. The Hall–Kier alpha value is -3.99. The second kappa shape index (κ2) is 14.8. The van der Waals surface area contributed by atoms with Crippen LogP contribution in [0.2, 0.25) is 5.02 Å². The number of piperidine rings is 1. The summed E-state index contributed by atoms with van der Waals surface area (Å²) in [5.41, 5.74) is 2.66. The Kier molecular flexibility index (Phi) is 10.9. The predicted molar refractivity (Wildman–Crippen MR) is 164 cm³/mol. The van der Waals surface area contributed by atoms with Crippen LogP contribution < -0.4 is 15.4 Å². The molecule has 4 rings (SSSR count). The minimum atomic E-state index is -0.481. The maximum absolute atomic E-state index is 13.2. The number of anilines is 2. The van der Waals surface area contributed by atoms with E-state index in [9.17, 15) is 14.4 Å². The highest BCUT2D eigenvalue weighted by atomic mass is 35.5. The molecule has 3 aromatic rings. The highest BCUT2D eigenvalue weighted by Gasteiger charge is 2.25. The highest BCUT2D eigenvalue weighted by Crippen LogP contribution is 2.29. The zero-order valence-electron chi connectivity index (χ0n) is 24.2. The fourth-order valence-electron chi connectivity index (χ4n) is 4.95. The van der Waals surface area contributed by atoms with Gasteiger partial charge in [-0.15, -0.1) is 0 Å². The van der Waals surface area contributed by atoms with Crippen molar-refractivity contribution in [3.8, 4) is 5.75 Å². The maximum Gasteiger partial charge on any atom is 0.261 e. The van der Waals surface area contributed by atoms with Crippen molar-refractivity contribution in [1.82, 2.24) is 20.0 Å². The molecule has 11 heteroatoms. The first-order valence-electron chi connectivity index (χ1n) is 13.9. The Balaban J connectivity index is 1.27. The van der Waals surface area contributed by atoms with Gasteiger partial charge in [0.15, 0.2) is 5.78 Å². The van der Waals surface area contributed by atoms with Crippen LogP contribution in [-0.2, 0) is 11.3 Å². The van der Waals surface area contributed by atoms with Gasteiger partial charge in [0.25, 0.3) is 5.91 Å². The summed E-state index contributed by atoms with van der Waals surface area (Å²) >= 11 is 6.23. The lowest BCUT2D eigenvalue weighted by Gasteiger charge is -2.31. The molecule has 1 saturated heterocycles. The van der Waals surface area contributed by atoms with E-state index >= 15 is 0 Å². The molecule has 222 valence electrons. The molecule has 0 bridgehead atoms. The first-order chi connectivity index (χ1) is 20.2. The number of carbonyl (C=O) groups excluding carboxylic acids is 3. The predicted octanol–water partition coefficient (Wildman–Crippen LogP) is 4.87. The number of amides is 2. The van der Waals surface area contributed by atoms with E-state index in [-0.39, 0.29) is 33.9 Å². The standard InChI is InChI=1S/C31H37ClN6O4/c1-37(2)14-6-11-28(40)34-23-8-4-7-22(17-23)20-38-15-12-21(13-16-38)18-26(39)30-25(19-33-36-30)35-31(41)29-24(32)9-5-10-27(29)42-3/h4-11,17,19,21H,12-16,18,20H2,1-3H3,(H,33,36)(H,34,40)(H,35,41)/b11-6+. The van der Waals surface area contributed by atoms with Crippen LogP contribution in [0.5, 0.6) is 5.75 Å². The van der Waals surface area contributed by atoms with E-state index < -0.39 is 5.91 Å². The van der Waals surface area contributed by atoms with Crippen molar-refractivity contribution < 1.29 is 19.1 Å². The molecule has 0 spiro atoms. The largest absolute Gasteiger partial charge is 0.496 e. The van der Waals surface area contributed by atoms with Crippen LogP contribution in [0, 0.1) is 5.92 Å². The van der Waals surface area contributed by atoms with Crippen LogP contribution in [0.1, 0.15) is 45.7 Å². The van der Waals surface area contributed by atoms with Gasteiger partial charge < -0.3 is 20.3 Å². The number of hydrogen-bond acceptors (Lipinski definition) is 7. The third-order valence-electron chi connectivity index (χ3n) is 7.11. The molecular weight excluding hydrogens is 556 g/mol. The summed E-state index contributed by atoms with van der Waals surface area (Å²) in [6.45, 7) is 3.19. The fraction of sp³-hybridized carbons (Fsp3) is 0.355. The van der Waals surface area contributed by atoms with E-state index in [0.29, 0.717) is 24.4 Å². The molecule has 1 aromatic heterocycles. The number of ketones is 1. The van der Waals surface area contributed by atoms with Gasteiger partial charge in [0.1, 0.15) is 17.0 Å². The Morgan fingerprint density at radius 1 is 1.14 bits per heavy atom. The topological polar surface area (TPSA) is 120 Å². The summed E-state index contributed by atoms with van der Waals surface area (Å²) < 4.78 is 5.27. The van der Waals surface area contributed by atoms with Crippen LogP contribution in [0.15, 0.2) is 60.8 Å². The van der Waals surface area contributed by atoms with Gasteiger partial charge in [-0.3, -0.25) is 24.4 Å². The molecule has 2 amide bonds. The second-order valence-corrected chi connectivity index (χ2v) is 11.0. The fourth-order valence-corrected chi connectivity index (χ4v) is 5.20. The van der Waals surface area contributed by atoms with Crippen molar-refractivity contribution in [2.75, 3.05) is 51.5 Å². The molecule has 1 aliphatic rings. The number of halogens is 1. The Bertz CT molecular complexity index is 1430. The van der Waals surface area contributed by atoms with Crippen LogP contribution in [0.25, 0.3) is 0 Å². The molecule has 10 nitrogen and oxygen atoms in total. The van der Waals surface area contributed by atoms with Gasteiger partial charge in [-0.2, -0.15) is 5.10 Å². The number of hydrogen-bond donors (Lipinski definition) is 3. The van der Waals surface area contributed by atoms with Crippen molar-refractivity contribution >= 4 is 40.6 Å². The van der Waals surface area contributed by atoms with E-state index in [4.69, 9.17) is 16.3 Å². The molecule has 0 unspecified atom stereocenters. The third-order valence-corrected chi connectivity index (χ3v) is 7.43. The SMILES string of the molecule is COc1cccc(Cl)c1C(=O)Nc1cn[nH]c1C(=O)CC1CCN(Cc2cccc(NC(=O)/C=C/CN(C)C)c2)CC1. The van der Waals surface area contributed by atoms with Crippen LogP contribution in [-0.4, -0.2) is 78.4 Å². The molecule has 0 aliphatic carbocycles. The van der Waals surface area contributed by atoms with Gasteiger partial charge in [0.05, 0.1) is 24.0 Å². The minimum absolute atomic E-state index is 0.101. The van der Waals surface area contributed by atoms with Crippen molar-refractivity contribution in [1.29, 1.82) is 0 Å². The van der Waals surface area contributed by atoms with Crippen LogP contribution in [0.3, 0.4) is 0 Å². The molecule has 1 aliphatic heterocycles. The van der Waals surface area contributed by atoms with E-state index in [0.717, 1.165) is 43.7 Å². The van der Waals surface area contributed by atoms with E-state index in [1.54, 1.807) is 24.3 Å². The highest BCUT2D eigenvalue weighted by molar-refractivity contribution is 6.35. The van der Waals surface area contributed by atoms with E-state index in [2.05, 4.69) is 31.8 Å². The van der Waals surface area contributed by atoms with Gasteiger partial charge in [-0.1, -0.05) is 35.9 Å². The van der Waals surface area contributed by atoms with Crippen molar-refractivity contribution in [2.45, 2.75) is 25.8 Å². The average molecular weight is 593 g/mol. The number of methoxy groups -OCH3 is 1. The number of nitrogens with one attached hydrogen (secondary N) is 3. The number of rotatable bonds is 12. The number of likely N-dealkylation sites (tertiary alicyclic amines) is 1. The molecule has 42 heavy (non-hydrogen) atoms. The molecule has 0 radical (unpaired) electrons. The van der Waals surface area contributed by atoms with Gasteiger partial charge in [-0.05, 0) is 75.8 Å². The lowest BCUT2D eigenvalue weighted by molar-refractivity contribution is -0.111. The Morgan fingerprint density at radius 2 is 1.90 bits per heavy atom. The van der Waals surface area contributed by atoms with E-state index in [1.165, 1.54) is 13.3 Å². The summed E-state index contributed by atoms with van der Waals surface area (Å²) in [7, 11) is 5.36. The lowest BCUT2D eigenvalue weighted by Crippen LogP contribution is -2.34. The molecule has 3 N–H and O–H groups in total. The smallest absolute Gasteiger partial charge is 0.261 e. The van der Waals surface area contributed by atoms with Gasteiger partial charge >= 0.3 is 0 Å².